The standard InChI is InChI=1S/C53H59F2N3O7/c1-5-28-63-53-48(58(33-36-18-22-40(54)23-19-36)51(61)37-20-16-35(32-56)17-21-37)31-46(57-65-52(2,3)4)43-29-38(12-8-10-26-59)42(14-9-11-27-60)49(50(43)53)44-30-41(24-25-47(44)64-53)62-34-39-13-6-7-15-45(39)55/h5-7,13,15-25,29-30,38,42,48-50,59-60H,1,8-12,14,26-28,31,33-34H2,2-4H3/t38-,42+,48-,49+,50+,53+/m0/s1. The minimum absolute atomic E-state index is 0.000483. The second-order valence-corrected chi connectivity index (χ2v) is 18.1. The van der Waals surface area contributed by atoms with E-state index < -0.39 is 29.2 Å². The molecule has 2 aliphatic carbocycles. The zero-order valence-electron chi connectivity index (χ0n) is 37.4. The first-order valence-corrected chi connectivity index (χ1v) is 22.6. The van der Waals surface area contributed by atoms with Gasteiger partial charge in [-0.2, -0.15) is 5.26 Å². The lowest BCUT2D eigenvalue weighted by Crippen LogP contribution is -2.70. The summed E-state index contributed by atoms with van der Waals surface area (Å²) in [4.78, 5) is 23.3. The molecular formula is C53H59F2N3O7. The number of rotatable bonds is 19. The molecule has 4 aromatic carbocycles. The number of halogens is 2. The maximum Gasteiger partial charge on any atom is 0.254 e. The predicted molar refractivity (Wildman–Crippen MR) is 244 cm³/mol. The highest BCUT2D eigenvalue weighted by atomic mass is 19.1. The number of oxime groups is 1. The van der Waals surface area contributed by atoms with E-state index in [0.29, 0.717) is 52.3 Å². The lowest BCUT2D eigenvalue weighted by molar-refractivity contribution is -0.255. The smallest absolute Gasteiger partial charge is 0.254 e. The van der Waals surface area contributed by atoms with E-state index in [1.54, 1.807) is 71.6 Å². The number of aliphatic hydroxyl groups is 2. The average Bonchev–Trinajstić information content (AvgIpc) is 3.30. The maximum absolute atomic E-state index is 15.3. The summed E-state index contributed by atoms with van der Waals surface area (Å²) in [5.74, 6) is -2.66. The van der Waals surface area contributed by atoms with Crippen LogP contribution in [0.15, 0.2) is 120 Å². The van der Waals surface area contributed by atoms with Gasteiger partial charge in [-0.1, -0.05) is 60.5 Å². The molecule has 3 aliphatic rings. The number of aliphatic hydroxyl groups excluding tert-OH is 2. The quantitative estimate of drug-likeness (QED) is 0.0540. The van der Waals surface area contributed by atoms with Crippen LogP contribution in [0.3, 0.4) is 0 Å². The summed E-state index contributed by atoms with van der Waals surface area (Å²) in [5, 5.41) is 34.5. The molecule has 1 heterocycles. The van der Waals surface area contributed by atoms with Crippen molar-refractivity contribution < 1.29 is 42.8 Å². The molecule has 12 heteroatoms. The maximum atomic E-state index is 15.3. The zero-order chi connectivity index (χ0) is 46.1. The Morgan fingerprint density at radius 2 is 1.71 bits per heavy atom. The van der Waals surface area contributed by atoms with E-state index in [0.717, 1.165) is 36.8 Å². The molecule has 0 bridgehead atoms. The minimum Gasteiger partial charge on any atom is -0.489 e. The topological polar surface area (TPSA) is 134 Å². The highest BCUT2D eigenvalue weighted by molar-refractivity contribution is 6.03. The van der Waals surface area contributed by atoms with Crippen LogP contribution in [-0.4, -0.2) is 64.0 Å². The summed E-state index contributed by atoms with van der Waals surface area (Å²) in [6, 6.07) is 25.8. The summed E-state index contributed by atoms with van der Waals surface area (Å²) in [6.07, 6.45) is 8.29. The number of unbranched alkanes of at least 4 members (excludes halogenated alkanes) is 2. The van der Waals surface area contributed by atoms with E-state index >= 15 is 4.79 Å². The summed E-state index contributed by atoms with van der Waals surface area (Å²) in [6.45, 7) is 9.97. The van der Waals surface area contributed by atoms with Gasteiger partial charge in [0.05, 0.1) is 29.9 Å². The van der Waals surface area contributed by atoms with Gasteiger partial charge in [0.1, 0.15) is 41.4 Å². The summed E-state index contributed by atoms with van der Waals surface area (Å²) >= 11 is 0. The largest absolute Gasteiger partial charge is 0.489 e. The van der Waals surface area contributed by atoms with E-state index in [4.69, 9.17) is 24.2 Å². The minimum atomic E-state index is -1.57. The van der Waals surface area contributed by atoms with E-state index in [1.165, 1.54) is 18.2 Å². The lowest BCUT2D eigenvalue weighted by Gasteiger charge is -2.60. The number of nitrogens with zero attached hydrogens (tertiary/aromatic N) is 3. The van der Waals surface area contributed by atoms with Crippen LogP contribution < -0.4 is 9.47 Å². The molecule has 0 aromatic heterocycles. The van der Waals surface area contributed by atoms with Crippen molar-refractivity contribution in [1.82, 2.24) is 4.90 Å². The molecule has 7 rings (SSSR count). The highest BCUT2D eigenvalue weighted by Crippen LogP contribution is 2.62. The molecular weight excluding hydrogens is 829 g/mol. The lowest BCUT2D eigenvalue weighted by atomic mass is 9.55. The Hall–Kier alpha value is -5.87. The van der Waals surface area contributed by atoms with Gasteiger partial charge in [0, 0.05) is 48.8 Å². The third-order valence-electron chi connectivity index (χ3n) is 12.6. The Labute approximate surface area is 380 Å². The molecule has 1 amide bonds. The van der Waals surface area contributed by atoms with Gasteiger partial charge in [-0.3, -0.25) is 4.79 Å². The zero-order valence-corrected chi connectivity index (χ0v) is 37.4. The Bertz CT molecular complexity index is 2390. The fraction of sp³-hybridized carbons (Fsp3) is 0.415. The molecule has 0 radical (unpaired) electrons. The van der Waals surface area contributed by atoms with Gasteiger partial charge in [-0.25, -0.2) is 8.78 Å². The number of amides is 1. The van der Waals surface area contributed by atoms with Crippen LogP contribution >= 0.6 is 0 Å². The number of carbonyl (C=O) groups excluding carboxylic acids is 1. The first-order valence-electron chi connectivity index (χ1n) is 22.6. The Morgan fingerprint density at radius 1 is 0.985 bits per heavy atom. The molecule has 0 unspecified atom stereocenters. The van der Waals surface area contributed by atoms with Gasteiger partial charge in [0.25, 0.3) is 5.91 Å². The Morgan fingerprint density at radius 3 is 2.38 bits per heavy atom. The first kappa shape index (κ1) is 47.1. The van der Waals surface area contributed by atoms with Crippen LogP contribution in [0.2, 0.25) is 0 Å². The number of allylic oxidation sites excluding steroid dienone is 1. The number of nitriles is 1. The average molecular weight is 888 g/mol. The SMILES string of the molecule is C=CCO[C@@]12Oc3ccc(OCc4ccccc4F)cc3[C@H]3[C@H](CCCCO)[C@@H](CCCCO)C=C(C(=NOC(C)(C)C)C[C@@H]1N(Cc1ccc(F)cc1)C(=O)c1ccc(C#N)cc1)[C@H]32. The van der Waals surface area contributed by atoms with Gasteiger partial charge in [0.15, 0.2) is 0 Å². The van der Waals surface area contributed by atoms with Crippen molar-refractivity contribution in [3.63, 3.8) is 0 Å². The second kappa shape index (κ2) is 21.0. The fourth-order valence-electron chi connectivity index (χ4n) is 9.67. The Balaban J connectivity index is 1.48. The molecule has 0 saturated heterocycles. The number of carbonyl (C=O) groups is 1. The highest BCUT2D eigenvalue weighted by Gasteiger charge is 2.65. The van der Waals surface area contributed by atoms with Crippen LogP contribution in [0.4, 0.5) is 8.78 Å². The monoisotopic (exact) mass is 887 g/mol. The van der Waals surface area contributed by atoms with E-state index in [1.807, 2.05) is 32.9 Å². The van der Waals surface area contributed by atoms with Crippen LogP contribution in [0.5, 0.6) is 11.5 Å². The van der Waals surface area contributed by atoms with Gasteiger partial charge in [0.2, 0.25) is 5.79 Å². The molecule has 2 N–H and O–H groups in total. The molecule has 0 spiro atoms. The number of hydrogen-bond acceptors (Lipinski definition) is 9. The van der Waals surface area contributed by atoms with Crippen molar-refractivity contribution in [3.05, 3.63) is 155 Å². The molecule has 1 fully saturated rings. The van der Waals surface area contributed by atoms with Crippen molar-refractivity contribution in [2.45, 2.75) is 102 Å². The fourth-order valence-corrected chi connectivity index (χ4v) is 9.67. The third-order valence-corrected chi connectivity index (χ3v) is 12.6. The van der Waals surface area contributed by atoms with Gasteiger partial charge >= 0.3 is 0 Å². The van der Waals surface area contributed by atoms with E-state index in [2.05, 4.69) is 18.7 Å². The van der Waals surface area contributed by atoms with Crippen LogP contribution in [0, 0.1) is 40.7 Å². The van der Waals surface area contributed by atoms with Gasteiger partial charge in [-0.05, 0) is 130 Å². The second-order valence-electron chi connectivity index (χ2n) is 18.1. The number of fused-ring (bicyclic) bond motifs is 2. The molecule has 65 heavy (non-hydrogen) atoms. The summed E-state index contributed by atoms with van der Waals surface area (Å²) in [5.41, 5.74) is 3.46. The van der Waals surface area contributed by atoms with Crippen LogP contribution in [-0.2, 0) is 22.7 Å². The first-order chi connectivity index (χ1) is 31.4. The predicted octanol–water partition coefficient (Wildman–Crippen LogP) is 10.2. The van der Waals surface area contributed by atoms with Crippen molar-refractivity contribution >= 4 is 11.6 Å². The molecule has 1 aliphatic heterocycles. The van der Waals surface area contributed by atoms with Crippen molar-refractivity contribution in [3.8, 4) is 17.6 Å². The third kappa shape index (κ3) is 10.7. The van der Waals surface area contributed by atoms with Crippen molar-refractivity contribution in [2.75, 3.05) is 19.8 Å². The molecule has 10 nitrogen and oxygen atoms in total. The van der Waals surface area contributed by atoms with Crippen LogP contribution in [0.1, 0.15) is 104 Å². The molecule has 342 valence electrons. The van der Waals surface area contributed by atoms with Gasteiger partial charge < -0.3 is 34.2 Å². The molecule has 4 aromatic rings. The summed E-state index contributed by atoms with van der Waals surface area (Å²) in [7, 11) is 0. The van der Waals surface area contributed by atoms with E-state index in [9.17, 15) is 24.3 Å². The summed E-state index contributed by atoms with van der Waals surface area (Å²) < 4.78 is 50.0. The van der Waals surface area contributed by atoms with Gasteiger partial charge in [-0.15, -0.1) is 6.58 Å². The van der Waals surface area contributed by atoms with E-state index in [-0.39, 0.29) is 68.9 Å². The van der Waals surface area contributed by atoms with Crippen molar-refractivity contribution in [1.29, 1.82) is 5.26 Å². The number of ether oxygens (including phenoxy) is 3. The molecule has 1 saturated carbocycles. The number of benzene rings is 4. The van der Waals surface area contributed by atoms with Crippen molar-refractivity contribution in [2.24, 2.45) is 22.9 Å². The van der Waals surface area contributed by atoms with Crippen LogP contribution in [0.25, 0.3) is 0 Å². The Kier molecular flexibility index (Phi) is 15.2. The molecule has 6 atom stereocenters. The number of hydrogen-bond donors (Lipinski definition) is 2. The normalized spacial score (nSPS) is 22.7.